The zero-order valence-electron chi connectivity index (χ0n) is 17.7. The van der Waals surface area contributed by atoms with Crippen molar-refractivity contribution >= 4 is 39.4 Å². The molecular weight excluding hydrogens is 402 g/mol. The lowest BCUT2D eigenvalue weighted by atomic mass is 10.2. The van der Waals surface area contributed by atoms with Crippen molar-refractivity contribution in [3.63, 3.8) is 0 Å². The van der Waals surface area contributed by atoms with Crippen LogP contribution in [0.3, 0.4) is 0 Å². The number of hydrogen-bond donors (Lipinski definition) is 2. The van der Waals surface area contributed by atoms with Crippen molar-refractivity contribution in [3.8, 4) is 5.82 Å². The molecule has 0 amide bonds. The van der Waals surface area contributed by atoms with Crippen molar-refractivity contribution < 1.29 is 4.74 Å². The van der Waals surface area contributed by atoms with Crippen LogP contribution in [0, 0.1) is 6.92 Å². The van der Waals surface area contributed by atoms with Crippen LogP contribution in [0.2, 0.25) is 0 Å². The molecule has 4 heterocycles. The molecule has 1 aliphatic heterocycles. The average Bonchev–Trinajstić information content (AvgIpc) is 3.40. The number of ether oxygens (including phenoxy) is 1. The second kappa shape index (κ2) is 7.65. The minimum absolute atomic E-state index is 0.667. The van der Waals surface area contributed by atoms with Crippen LogP contribution in [0.15, 0.2) is 60.8 Å². The summed E-state index contributed by atoms with van der Waals surface area (Å²) >= 11 is 0. The molecule has 0 bridgehead atoms. The summed E-state index contributed by atoms with van der Waals surface area (Å²) in [6.07, 6.45) is 1.89. The van der Waals surface area contributed by atoms with Gasteiger partial charge >= 0.3 is 0 Å². The van der Waals surface area contributed by atoms with Gasteiger partial charge < -0.3 is 19.9 Å². The molecule has 3 aromatic heterocycles. The highest BCUT2D eigenvalue weighted by molar-refractivity contribution is 6.06. The van der Waals surface area contributed by atoms with Gasteiger partial charge in [0.1, 0.15) is 11.5 Å². The summed E-state index contributed by atoms with van der Waals surface area (Å²) in [5.74, 6) is 2.10. The third-order valence-electron chi connectivity index (χ3n) is 5.78. The van der Waals surface area contributed by atoms with Crippen molar-refractivity contribution in [2.24, 2.45) is 0 Å². The maximum Gasteiger partial charge on any atom is 0.229 e. The largest absolute Gasteiger partial charge is 0.378 e. The van der Waals surface area contributed by atoms with E-state index in [1.54, 1.807) is 0 Å². The van der Waals surface area contributed by atoms with Crippen molar-refractivity contribution in [3.05, 3.63) is 66.4 Å². The molecule has 0 aliphatic carbocycles. The summed E-state index contributed by atoms with van der Waals surface area (Å²) in [5.41, 5.74) is 4.18. The lowest BCUT2D eigenvalue weighted by Crippen LogP contribution is -2.37. The van der Waals surface area contributed by atoms with Crippen LogP contribution in [0.25, 0.3) is 27.8 Å². The van der Waals surface area contributed by atoms with Gasteiger partial charge in [-0.3, -0.25) is 0 Å². The number of benzene rings is 2. The molecule has 0 saturated carbocycles. The lowest BCUT2D eigenvalue weighted by Gasteiger charge is -2.27. The van der Waals surface area contributed by atoms with Crippen LogP contribution >= 0.6 is 0 Å². The Morgan fingerprint density at radius 3 is 2.62 bits per heavy atom. The molecule has 5 aromatic rings. The number of H-pyrrole nitrogens is 1. The summed E-state index contributed by atoms with van der Waals surface area (Å²) < 4.78 is 7.37. The lowest BCUT2D eigenvalue weighted by molar-refractivity contribution is 0.122. The van der Waals surface area contributed by atoms with Gasteiger partial charge in [0.05, 0.1) is 19.4 Å². The number of nitrogens with zero attached hydrogens (tertiary/aromatic N) is 5. The van der Waals surface area contributed by atoms with Crippen LogP contribution < -0.4 is 10.2 Å². The van der Waals surface area contributed by atoms with Crippen molar-refractivity contribution in [1.82, 2.24) is 24.7 Å². The van der Waals surface area contributed by atoms with E-state index in [2.05, 4.69) is 63.6 Å². The van der Waals surface area contributed by atoms with Crippen molar-refractivity contribution in [1.29, 1.82) is 0 Å². The third kappa shape index (κ3) is 3.34. The average molecular weight is 425 g/mol. The number of aromatic nitrogens is 5. The number of nitrogens with one attached hydrogen (secondary N) is 2. The van der Waals surface area contributed by atoms with E-state index in [0.717, 1.165) is 46.5 Å². The molecule has 2 N–H and O–H groups in total. The topological polar surface area (TPSA) is 83.9 Å². The fourth-order valence-electron chi connectivity index (χ4n) is 4.08. The van der Waals surface area contributed by atoms with E-state index in [9.17, 15) is 0 Å². The number of hydrogen-bond acceptors (Lipinski definition) is 6. The van der Waals surface area contributed by atoms with Crippen LogP contribution in [0.5, 0.6) is 0 Å². The van der Waals surface area contributed by atoms with Gasteiger partial charge in [0.25, 0.3) is 0 Å². The van der Waals surface area contributed by atoms with Crippen molar-refractivity contribution in [2.75, 3.05) is 36.5 Å². The Kier molecular flexibility index (Phi) is 4.50. The molecule has 0 radical (unpaired) electrons. The fourth-order valence-corrected chi connectivity index (χ4v) is 4.08. The highest BCUT2D eigenvalue weighted by atomic mass is 16.5. The Labute approximate surface area is 184 Å². The Hall–Kier alpha value is -3.91. The fraction of sp³-hybridized carbons (Fsp3) is 0.208. The predicted molar refractivity (Wildman–Crippen MR) is 126 cm³/mol. The van der Waals surface area contributed by atoms with E-state index in [4.69, 9.17) is 14.7 Å². The number of morpholine rings is 1. The van der Waals surface area contributed by atoms with Gasteiger partial charge in [-0.1, -0.05) is 35.9 Å². The van der Waals surface area contributed by atoms with Crippen LogP contribution in [-0.4, -0.2) is 51.0 Å². The molecule has 160 valence electrons. The number of fused-ring (bicyclic) bond motifs is 3. The zero-order valence-corrected chi connectivity index (χ0v) is 17.7. The predicted octanol–water partition coefficient (Wildman–Crippen LogP) is 4.19. The van der Waals surface area contributed by atoms with Crippen molar-refractivity contribution in [2.45, 2.75) is 6.92 Å². The first-order valence-corrected chi connectivity index (χ1v) is 10.7. The van der Waals surface area contributed by atoms with Crippen LogP contribution in [-0.2, 0) is 4.74 Å². The minimum Gasteiger partial charge on any atom is -0.378 e. The van der Waals surface area contributed by atoms with Crippen LogP contribution in [0.1, 0.15) is 5.56 Å². The molecule has 8 heteroatoms. The third-order valence-corrected chi connectivity index (χ3v) is 5.78. The van der Waals surface area contributed by atoms with Gasteiger partial charge in [0.15, 0.2) is 5.82 Å². The van der Waals surface area contributed by atoms with E-state index in [-0.39, 0.29) is 0 Å². The van der Waals surface area contributed by atoms with E-state index in [0.29, 0.717) is 25.0 Å². The molecule has 1 saturated heterocycles. The van der Waals surface area contributed by atoms with Gasteiger partial charge in [-0.15, -0.1) is 0 Å². The summed E-state index contributed by atoms with van der Waals surface area (Å²) in [4.78, 5) is 15.3. The quantitative estimate of drug-likeness (QED) is 0.449. The Morgan fingerprint density at radius 1 is 0.969 bits per heavy atom. The Morgan fingerprint density at radius 2 is 1.78 bits per heavy atom. The van der Waals surface area contributed by atoms with Gasteiger partial charge in [-0.05, 0) is 25.1 Å². The van der Waals surface area contributed by atoms with E-state index in [1.165, 1.54) is 5.56 Å². The second-order valence-electron chi connectivity index (χ2n) is 7.99. The molecule has 8 nitrogen and oxygen atoms in total. The van der Waals surface area contributed by atoms with Gasteiger partial charge in [-0.25, -0.2) is 0 Å². The smallest absolute Gasteiger partial charge is 0.229 e. The first kappa shape index (κ1) is 18.8. The van der Waals surface area contributed by atoms with E-state index < -0.39 is 0 Å². The molecule has 6 rings (SSSR count). The molecule has 0 unspecified atom stereocenters. The monoisotopic (exact) mass is 425 g/mol. The van der Waals surface area contributed by atoms with Gasteiger partial charge in [0.2, 0.25) is 5.95 Å². The number of aromatic amines is 1. The molecule has 32 heavy (non-hydrogen) atoms. The Bertz CT molecular complexity index is 1400. The maximum atomic E-state index is 5.52. The molecular formula is C24H23N7O. The number of anilines is 3. The standard InChI is InChI=1S/C24H23N7O/c1-16-6-8-17(9-7-16)26-21-14-22(29-24(28-21)30-10-12-32-13-11-30)31-23-19(15-25-31)18-4-2-3-5-20(18)27-23/h2-9,14-15,27H,10-13H2,1H3,(H,26,28,29). The molecule has 0 atom stereocenters. The van der Waals surface area contributed by atoms with E-state index in [1.807, 2.05) is 29.1 Å². The normalized spacial score (nSPS) is 14.3. The minimum atomic E-state index is 0.667. The van der Waals surface area contributed by atoms with Gasteiger partial charge in [-0.2, -0.15) is 19.7 Å². The molecule has 2 aromatic carbocycles. The van der Waals surface area contributed by atoms with Crippen LogP contribution in [0.4, 0.5) is 17.5 Å². The number of para-hydroxylation sites is 1. The number of aryl methyl sites for hydroxylation is 1. The molecule has 1 aliphatic rings. The molecule has 1 fully saturated rings. The highest BCUT2D eigenvalue weighted by Gasteiger charge is 2.18. The first-order chi connectivity index (χ1) is 15.7. The second-order valence-corrected chi connectivity index (χ2v) is 7.99. The summed E-state index contributed by atoms with van der Waals surface area (Å²) in [6, 6.07) is 18.4. The number of rotatable bonds is 4. The summed E-state index contributed by atoms with van der Waals surface area (Å²) in [5, 5.41) is 10.3. The summed E-state index contributed by atoms with van der Waals surface area (Å²) in [6.45, 7) is 4.93. The maximum absolute atomic E-state index is 5.52. The molecule has 0 spiro atoms. The zero-order chi connectivity index (χ0) is 21.5. The Balaban J connectivity index is 1.47. The summed E-state index contributed by atoms with van der Waals surface area (Å²) in [7, 11) is 0. The van der Waals surface area contributed by atoms with E-state index >= 15 is 0 Å². The SMILES string of the molecule is Cc1ccc(Nc2cc(-n3ncc4c5ccccc5[nH]c43)nc(N3CCOCC3)n2)cc1. The first-order valence-electron chi connectivity index (χ1n) is 10.7. The van der Waals surface area contributed by atoms with Gasteiger partial charge in [0, 0.05) is 41.1 Å². The highest BCUT2D eigenvalue weighted by Crippen LogP contribution is 2.28.